The molecule has 0 amide bonds. The highest BCUT2D eigenvalue weighted by Crippen LogP contribution is 2.41. The van der Waals surface area contributed by atoms with Gasteiger partial charge in [0.1, 0.15) is 5.82 Å². The average molecular weight is 288 g/mol. The van der Waals surface area contributed by atoms with E-state index in [9.17, 15) is 0 Å². The Kier molecular flexibility index (Phi) is 4.27. The van der Waals surface area contributed by atoms with Crippen LogP contribution in [0.5, 0.6) is 0 Å². The Bertz CT molecular complexity index is 488. The summed E-state index contributed by atoms with van der Waals surface area (Å²) in [5, 5.41) is 0. The normalized spacial score (nSPS) is 30.6. The summed E-state index contributed by atoms with van der Waals surface area (Å²) in [6, 6.07) is 3.78. The first-order valence-corrected chi connectivity index (χ1v) is 8.38. The van der Waals surface area contributed by atoms with Crippen LogP contribution in [-0.4, -0.2) is 40.0 Å². The highest BCUT2D eigenvalue weighted by molar-refractivity contribution is 5.15. The molecule has 21 heavy (non-hydrogen) atoms. The molecule has 2 saturated heterocycles. The van der Waals surface area contributed by atoms with Crippen LogP contribution < -0.4 is 5.73 Å². The molecular formula is C17H28N4. The topological polar surface area (TPSA) is 55.0 Å². The Hall–Kier alpha value is -1.00. The quantitative estimate of drug-likeness (QED) is 0.924. The maximum atomic E-state index is 6.09. The molecule has 3 heterocycles. The van der Waals surface area contributed by atoms with Crippen LogP contribution in [0.2, 0.25) is 0 Å². The molecule has 0 spiro atoms. The van der Waals surface area contributed by atoms with Crippen LogP contribution in [0, 0.1) is 6.92 Å². The predicted molar refractivity (Wildman–Crippen MR) is 85.3 cm³/mol. The lowest BCUT2D eigenvalue weighted by Gasteiger charge is -2.35. The Balaban J connectivity index is 1.79. The van der Waals surface area contributed by atoms with Crippen molar-refractivity contribution in [3.8, 4) is 0 Å². The number of nitrogens with zero attached hydrogens (tertiary/aromatic N) is 3. The van der Waals surface area contributed by atoms with E-state index in [1.54, 1.807) is 0 Å². The zero-order valence-corrected chi connectivity index (χ0v) is 13.5. The maximum absolute atomic E-state index is 6.09. The summed E-state index contributed by atoms with van der Waals surface area (Å²) in [5.41, 5.74) is 8.30. The van der Waals surface area contributed by atoms with Gasteiger partial charge in [0.25, 0.3) is 0 Å². The summed E-state index contributed by atoms with van der Waals surface area (Å²) >= 11 is 0. The predicted octanol–water partition coefficient (Wildman–Crippen LogP) is 2.41. The van der Waals surface area contributed by atoms with Crippen LogP contribution in [0.1, 0.15) is 62.2 Å². The molecule has 3 rings (SSSR count). The van der Waals surface area contributed by atoms with Crippen LogP contribution in [0.4, 0.5) is 0 Å². The number of hydrogen-bond donors (Lipinski definition) is 1. The largest absolute Gasteiger partial charge is 0.327 e. The van der Waals surface area contributed by atoms with E-state index in [1.165, 1.54) is 25.7 Å². The van der Waals surface area contributed by atoms with Gasteiger partial charge in [-0.3, -0.25) is 0 Å². The monoisotopic (exact) mass is 288 g/mol. The molecule has 4 heteroatoms. The van der Waals surface area contributed by atoms with Gasteiger partial charge in [-0.05, 0) is 52.1 Å². The molecule has 0 aliphatic carbocycles. The lowest BCUT2D eigenvalue weighted by atomic mass is 9.90. The third-order valence-electron chi connectivity index (χ3n) is 5.38. The van der Waals surface area contributed by atoms with Crippen LogP contribution in [0.25, 0.3) is 0 Å². The van der Waals surface area contributed by atoms with Crippen molar-refractivity contribution in [3.63, 3.8) is 0 Å². The minimum atomic E-state index is 0.209. The summed E-state index contributed by atoms with van der Waals surface area (Å²) in [7, 11) is 2.28. The molecular weight excluding hydrogens is 260 g/mol. The van der Waals surface area contributed by atoms with Crippen molar-refractivity contribution in [2.24, 2.45) is 5.73 Å². The first kappa shape index (κ1) is 14.9. The molecule has 3 unspecified atom stereocenters. The van der Waals surface area contributed by atoms with E-state index >= 15 is 0 Å². The van der Waals surface area contributed by atoms with Crippen molar-refractivity contribution in [1.82, 2.24) is 14.9 Å². The Morgan fingerprint density at radius 1 is 1.29 bits per heavy atom. The van der Waals surface area contributed by atoms with Crippen LogP contribution in [0.15, 0.2) is 6.07 Å². The SMILES string of the molecule is CCC(N)Cc1cc(C)nc(C2CC3CCC(C2)N3C)n1. The van der Waals surface area contributed by atoms with Gasteiger partial charge in [-0.25, -0.2) is 9.97 Å². The lowest BCUT2D eigenvalue weighted by molar-refractivity contribution is 0.158. The molecule has 0 radical (unpaired) electrons. The van der Waals surface area contributed by atoms with E-state index in [-0.39, 0.29) is 6.04 Å². The summed E-state index contributed by atoms with van der Waals surface area (Å²) in [5.74, 6) is 1.61. The summed E-state index contributed by atoms with van der Waals surface area (Å²) in [6.45, 7) is 4.21. The molecule has 3 atom stereocenters. The van der Waals surface area contributed by atoms with Gasteiger partial charge in [0.05, 0.1) is 0 Å². The Morgan fingerprint density at radius 2 is 1.95 bits per heavy atom. The number of aryl methyl sites for hydroxylation is 1. The molecule has 2 aliphatic heterocycles. The minimum absolute atomic E-state index is 0.209. The zero-order valence-electron chi connectivity index (χ0n) is 13.5. The smallest absolute Gasteiger partial charge is 0.132 e. The Labute approximate surface area is 128 Å². The van der Waals surface area contributed by atoms with E-state index in [2.05, 4.69) is 31.9 Å². The molecule has 0 saturated carbocycles. The second-order valence-corrected chi connectivity index (χ2v) is 6.95. The highest BCUT2D eigenvalue weighted by Gasteiger charge is 2.39. The second kappa shape index (κ2) is 6.01. The van der Waals surface area contributed by atoms with Crippen LogP contribution in [0.3, 0.4) is 0 Å². The maximum Gasteiger partial charge on any atom is 0.132 e. The van der Waals surface area contributed by atoms with Crippen molar-refractivity contribution in [2.45, 2.75) is 76.4 Å². The molecule has 1 aromatic rings. The number of aromatic nitrogens is 2. The summed E-state index contributed by atoms with van der Waals surface area (Å²) in [4.78, 5) is 12.2. The van der Waals surface area contributed by atoms with Gasteiger partial charge in [-0.15, -0.1) is 0 Å². The van der Waals surface area contributed by atoms with E-state index in [0.717, 1.165) is 42.1 Å². The second-order valence-electron chi connectivity index (χ2n) is 6.95. The van der Waals surface area contributed by atoms with Crippen LogP contribution in [-0.2, 0) is 6.42 Å². The fourth-order valence-corrected chi connectivity index (χ4v) is 3.98. The fourth-order valence-electron chi connectivity index (χ4n) is 3.98. The van der Waals surface area contributed by atoms with E-state index in [1.807, 2.05) is 0 Å². The van der Waals surface area contributed by atoms with Gasteiger partial charge in [0, 0.05) is 41.9 Å². The third kappa shape index (κ3) is 3.11. The first-order chi connectivity index (χ1) is 10.1. The Morgan fingerprint density at radius 3 is 2.57 bits per heavy atom. The minimum Gasteiger partial charge on any atom is -0.327 e. The number of hydrogen-bond acceptors (Lipinski definition) is 4. The van der Waals surface area contributed by atoms with Crippen molar-refractivity contribution >= 4 is 0 Å². The van der Waals surface area contributed by atoms with E-state index in [0.29, 0.717) is 5.92 Å². The number of piperidine rings is 1. The van der Waals surface area contributed by atoms with Gasteiger partial charge in [-0.2, -0.15) is 0 Å². The number of fused-ring (bicyclic) bond motifs is 2. The van der Waals surface area contributed by atoms with Crippen molar-refractivity contribution < 1.29 is 0 Å². The van der Waals surface area contributed by atoms with E-state index < -0.39 is 0 Å². The van der Waals surface area contributed by atoms with E-state index in [4.69, 9.17) is 15.7 Å². The molecule has 0 aromatic carbocycles. The molecule has 2 fully saturated rings. The lowest BCUT2D eigenvalue weighted by Crippen LogP contribution is -2.39. The standard InChI is InChI=1S/C17H28N4/c1-4-13(18)10-14-7-11(2)19-17(20-14)12-8-15-5-6-16(9-12)21(15)3/h7,12-13,15-16H,4-6,8-10,18H2,1-3H3. The molecule has 116 valence electrons. The average Bonchev–Trinajstić information content (AvgIpc) is 2.67. The van der Waals surface area contributed by atoms with Gasteiger partial charge < -0.3 is 10.6 Å². The van der Waals surface area contributed by atoms with Crippen molar-refractivity contribution in [3.05, 3.63) is 23.3 Å². The van der Waals surface area contributed by atoms with Gasteiger partial charge >= 0.3 is 0 Å². The van der Waals surface area contributed by atoms with Crippen LogP contribution >= 0.6 is 0 Å². The highest BCUT2D eigenvalue weighted by atomic mass is 15.2. The molecule has 1 aromatic heterocycles. The third-order valence-corrected chi connectivity index (χ3v) is 5.38. The van der Waals surface area contributed by atoms with Crippen molar-refractivity contribution in [2.75, 3.05) is 7.05 Å². The summed E-state index contributed by atoms with van der Waals surface area (Å²) in [6.07, 6.45) is 6.99. The molecule has 2 aliphatic rings. The number of nitrogens with two attached hydrogens (primary N) is 1. The number of rotatable bonds is 4. The molecule has 2 bridgehead atoms. The summed E-state index contributed by atoms with van der Waals surface area (Å²) < 4.78 is 0. The zero-order chi connectivity index (χ0) is 15.0. The van der Waals surface area contributed by atoms with Gasteiger partial charge in [-0.1, -0.05) is 6.92 Å². The van der Waals surface area contributed by atoms with Gasteiger partial charge in [0.15, 0.2) is 0 Å². The molecule has 2 N–H and O–H groups in total. The van der Waals surface area contributed by atoms with Gasteiger partial charge in [0.2, 0.25) is 0 Å². The molecule has 4 nitrogen and oxygen atoms in total. The van der Waals surface area contributed by atoms with Crippen molar-refractivity contribution in [1.29, 1.82) is 0 Å². The first-order valence-electron chi connectivity index (χ1n) is 8.38. The fraction of sp³-hybridized carbons (Fsp3) is 0.765.